The number of amides is 2. The van der Waals surface area contributed by atoms with Crippen LogP contribution in [0.4, 0.5) is 0 Å². The second-order valence-electron chi connectivity index (χ2n) is 13.6. The van der Waals surface area contributed by atoms with Crippen molar-refractivity contribution >= 4 is 96.6 Å². The molecule has 336 valence electrons. The molecular weight excluding hydrogens is 1010 g/mol. The van der Waals surface area contributed by atoms with Crippen molar-refractivity contribution < 1.29 is 26.4 Å². The molecule has 2 fully saturated rings. The molecule has 4 aromatic carbocycles. The Kier molecular flexibility index (Phi) is 25.3. The van der Waals surface area contributed by atoms with E-state index in [1.54, 1.807) is 53.4 Å². The van der Waals surface area contributed by atoms with E-state index in [0.717, 1.165) is 34.1 Å². The van der Waals surface area contributed by atoms with Crippen molar-refractivity contribution in [2.45, 2.75) is 56.5 Å². The van der Waals surface area contributed by atoms with Gasteiger partial charge in [-0.3, -0.25) is 9.59 Å². The van der Waals surface area contributed by atoms with E-state index in [4.69, 9.17) is 33.9 Å². The Balaban J connectivity index is 0.000000302. The van der Waals surface area contributed by atoms with Crippen molar-refractivity contribution in [2.75, 3.05) is 64.2 Å². The topological polar surface area (TPSA) is 127 Å². The van der Waals surface area contributed by atoms with Crippen molar-refractivity contribution in [3.8, 4) is 0 Å². The Morgan fingerprint density at radius 3 is 1.43 bits per heavy atom. The maximum absolute atomic E-state index is 12.9. The molecule has 1 N–H and O–H groups in total. The largest absolute Gasteiger partial charge is 0.336 e. The highest BCUT2D eigenvalue weighted by Crippen LogP contribution is 2.24. The molecule has 61 heavy (non-hydrogen) atoms. The van der Waals surface area contributed by atoms with Crippen LogP contribution in [0.3, 0.4) is 0 Å². The van der Waals surface area contributed by atoms with E-state index in [1.807, 2.05) is 60.4 Å². The fraction of sp³-hybridized carbons (Fsp3) is 0.395. The number of carbonyl (C=O) groups is 2. The van der Waals surface area contributed by atoms with Gasteiger partial charge in [-0.15, -0.1) is 23.2 Å². The molecule has 2 aliphatic heterocycles. The molecule has 11 nitrogen and oxygen atoms in total. The Hall–Kier alpha value is -2.57. The number of hydrogen-bond donors (Lipinski definition) is 1. The molecule has 0 aromatic heterocycles. The van der Waals surface area contributed by atoms with E-state index in [-0.39, 0.29) is 39.5 Å². The Morgan fingerprint density at radius 2 is 1.07 bits per heavy atom. The summed E-state index contributed by atoms with van der Waals surface area (Å²) in [6, 6.07) is 31.4. The SMILES string of the molecule is CC1CN(C(=O)c2ccccc2)CCN1.CC1CN(C(=O)c2ccccc2)CCN1S(=O)(=O)c1ccc(Br)cc1.CCN(CC)CC.ClCCl.O=S(=O)(Cl)c1ccc(Br)cc1. The Bertz CT molecular complexity index is 2100. The van der Waals surface area contributed by atoms with Crippen LogP contribution in [0.2, 0.25) is 0 Å². The van der Waals surface area contributed by atoms with Crippen molar-refractivity contribution in [3.05, 3.63) is 129 Å². The number of hydrogen-bond acceptors (Lipinski definition) is 8. The minimum atomic E-state index is -3.57. The van der Waals surface area contributed by atoms with Crippen LogP contribution >= 0.6 is 65.7 Å². The Labute approximate surface area is 394 Å². The molecule has 0 radical (unpaired) electrons. The van der Waals surface area contributed by atoms with Gasteiger partial charge in [0.25, 0.3) is 20.9 Å². The quantitative estimate of drug-likeness (QED) is 0.137. The van der Waals surface area contributed by atoms with E-state index in [2.05, 4.69) is 69.8 Å². The average Bonchev–Trinajstić information content (AvgIpc) is 3.25. The minimum absolute atomic E-state index is 0.0619. The lowest BCUT2D eigenvalue weighted by Crippen LogP contribution is -2.55. The number of halogens is 5. The molecule has 6 rings (SSSR count). The smallest absolute Gasteiger partial charge is 0.261 e. The third-order valence-corrected chi connectivity index (χ3v) is 13.9. The number of nitrogens with one attached hydrogen (secondary N) is 1. The Morgan fingerprint density at radius 1 is 0.656 bits per heavy atom. The van der Waals surface area contributed by atoms with Gasteiger partial charge in [-0.05, 0) is 106 Å². The molecule has 4 aromatic rings. The van der Waals surface area contributed by atoms with Gasteiger partial charge in [0.05, 0.1) is 15.1 Å². The van der Waals surface area contributed by atoms with Crippen LogP contribution in [-0.2, 0) is 19.1 Å². The number of nitrogens with zero attached hydrogens (tertiary/aromatic N) is 4. The molecule has 2 unspecified atom stereocenters. The molecule has 0 bridgehead atoms. The first-order valence-electron chi connectivity index (χ1n) is 19.7. The highest BCUT2D eigenvalue weighted by atomic mass is 79.9. The summed E-state index contributed by atoms with van der Waals surface area (Å²) in [6.07, 6.45) is 0. The van der Waals surface area contributed by atoms with Gasteiger partial charge in [-0.25, -0.2) is 16.8 Å². The van der Waals surface area contributed by atoms with E-state index in [9.17, 15) is 26.4 Å². The molecule has 0 spiro atoms. The van der Waals surface area contributed by atoms with Crippen molar-refractivity contribution in [1.82, 2.24) is 24.3 Å². The van der Waals surface area contributed by atoms with Gasteiger partial charge in [-0.1, -0.05) is 89.0 Å². The van der Waals surface area contributed by atoms with Gasteiger partial charge in [0.2, 0.25) is 10.0 Å². The van der Waals surface area contributed by atoms with Gasteiger partial charge in [0, 0.05) is 82.1 Å². The molecule has 2 atom stereocenters. The first kappa shape index (κ1) is 54.6. The third kappa shape index (κ3) is 19.0. The first-order chi connectivity index (χ1) is 28.9. The van der Waals surface area contributed by atoms with Crippen LogP contribution in [0.1, 0.15) is 55.3 Å². The van der Waals surface area contributed by atoms with E-state index >= 15 is 0 Å². The zero-order chi connectivity index (χ0) is 45.6. The lowest BCUT2D eigenvalue weighted by molar-refractivity contribution is 0.0641. The minimum Gasteiger partial charge on any atom is -0.336 e. The molecule has 2 amide bonds. The van der Waals surface area contributed by atoms with Crippen LogP contribution in [0.25, 0.3) is 0 Å². The molecular formula is C43H56Br2Cl3N5O6S2. The second kappa shape index (κ2) is 28.3. The number of sulfonamides is 1. The number of benzene rings is 4. The van der Waals surface area contributed by atoms with Gasteiger partial charge in [0.1, 0.15) is 0 Å². The molecule has 2 aliphatic rings. The molecule has 2 heterocycles. The fourth-order valence-electron chi connectivity index (χ4n) is 6.14. The summed E-state index contributed by atoms with van der Waals surface area (Å²) in [5.74, 6) is 0.0806. The van der Waals surface area contributed by atoms with Crippen LogP contribution < -0.4 is 5.32 Å². The van der Waals surface area contributed by atoms with Crippen molar-refractivity contribution in [2.24, 2.45) is 0 Å². The third-order valence-electron chi connectivity index (χ3n) is 9.41. The van der Waals surface area contributed by atoms with E-state index in [1.165, 1.54) is 36.1 Å². The van der Waals surface area contributed by atoms with Gasteiger partial charge >= 0.3 is 0 Å². The maximum atomic E-state index is 12.9. The predicted molar refractivity (Wildman–Crippen MR) is 257 cm³/mol. The molecule has 0 aliphatic carbocycles. The van der Waals surface area contributed by atoms with Crippen molar-refractivity contribution in [3.63, 3.8) is 0 Å². The summed E-state index contributed by atoms with van der Waals surface area (Å²) in [5, 5.41) is 3.52. The molecule has 18 heteroatoms. The van der Waals surface area contributed by atoms with Gasteiger partial charge in [-0.2, -0.15) is 4.31 Å². The zero-order valence-corrected chi connectivity index (χ0v) is 42.1. The average molecular weight is 1070 g/mol. The van der Waals surface area contributed by atoms with Crippen LogP contribution in [0, 0.1) is 0 Å². The summed E-state index contributed by atoms with van der Waals surface area (Å²) < 4.78 is 50.2. The summed E-state index contributed by atoms with van der Waals surface area (Å²) in [4.78, 5) is 31.0. The molecule has 0 saturated carbocycles. The van der Waals surface area contributed by atoms with Crippen LogP contribution in [-0.4, -0.2) is 124 Å². The number of rotatable bonds is 8. The highest BCUT2D eigenvalue weighted by Gasteiger charge is 2.35. The molecule has 2 saturated heterocycles. The van der Waals surface area contributed by atoms with Crippen molar-refractivity contribution in [1.29, 1.82) is 0 Å². The summed E-state index contributed by atoms with van der Waals surface area (Å²) >= 11 is 16.0. The monoisotopic (exact) mass is 1070 g/mol. The number of carbonyl (C=O) groups excluding carboxylic acids is 2. The van der Waals surface area contributed by atoms with Crippen LogP contribution in [0.15, 0.2) is 128 Å². The zero-order valence-electron chi connectivity index (χ0n) is 35.1. The standard InChI is InChI=1S/C18H19BrN2O3S.C12H16N2O.C6H4BrClO2S.C6H15N.CH2Cl2/c1-14-13-20(18(22)15-5-3-2-4-6-15)11-12-21(14)25(23,24)17-9-7-16(19)8-10-17;1-10-9-14(8-7-13-10)12(15)11-5-3-2-4-6-11;7-5-1-3-6(4-2-5)11(8,9)10;1-4-7(5-2)6-3;2-1-3/h2-10,14H,11-13H2,1H3;2-6,10,13H,7-9H2,1H3;1-4H;4-6H2,1-3H3;1H2. The normalized spacial score (nSPS) is 16.6. The maximum Gasteiger partial charge on any atom is 0.261 e. The lowest BCUT2D eigenvalue weighted by Gasteiger charge is -2.39. The number of alkyl halides is 2. The van der Waals surface area contributed by atoms with Crippen LogP contribution in [0.5, 0.6) is 0 Å². The number of piperazine rings is 2. The van der Waals surface area contributed by atoms with E-state index in [0.29, 0.717) is 24.7 Å². The fourth-order valence-corrected chi connectivity index (χ4v) is 9.05. The summed E-state index contributed by atoms with van der Waals surface area (Å²) in [7, 11) is -2.07. The van der Waals surface area contributed by atoms with E-state index < -0.39 is 19.1 Å². The predicted octanol–water partition coefficient (Wildman–Crippen LogP) is 9.25. The second-order valence-corrected chi connectivity index (χ2v) is 20.7. The summed E-state index contributed by atoms with van der Waals surface area (Å²) in [5.41, 5.74) is 1.41. The highest BCUT2D eigenvalue weighted by molar-refractivity contribution is 9.10. The lowest BCUT2D eigenvalue weighted by atomic mass is 10.1. The van der Waals surface area contributed by atoms with Gasteiger partial charge in [0.15, 0.2) is 0 Å². The summed E-state index contributed by atoms with van der Waals surface area (Å²) in [6.45, 7) is 17.6. The first-order valence-corrected chi connectivity index (χ1v) is 26.1. The van der Waals surface area contributed by atoms with Gasteiger partial charge < -0.3 is 20.0 Å².